The second kappa shape index (κ2) is 14.6. The number of carbonyl (C=O) groups excluding carboxylic acids is 2. The smallest absolute Gasteiger partial charge is 0.264 e. The van der Waals surface area contributed by atoms with Crippen molar-refractivity contribution < 1.29 is 18.0 Å². The predicted octanol–water partition coefficient (Wildman–Crippen LogP) is 7.06. The van der Waals surface area contributed by atoms with Gasteiger partial charge in [0.1, 0.15) is 12.6 Å². The Labute approximate surface area is 265 Å². The molecular weight excluding hydrogens is 605 g/mol. The zero-order chi connectivity index (χ0) is 31.1. The van der Waals surface area contributed by atoms with Crippen LogP contribution in [0.3, 0.4) is 0 Å². The van der Waals surface area contributed by atoms with E-state index in [1.807, 2.05) is 26.8 Å². The standard InChI is InChI=1S/C33H39Cl2N3O4S/c1-4-31(33(40)36-27-11-7-5-8-12-27)37(21-25-15-16-26(34)20-30(25)35)32(39)22-38(28-18-23(2)17-24(3)19-28)43(41,42)29-13-9-6-10-14-29/h6,9-10,13-20,27,31H,4-5,7-8,11-12,21-22H2,1-3H3,(H,36,40). The summed E-state index contributed by atoms with van der Waals surface area (Å²) in [5.41, 5.74) is 2.70. The van der Waals surface area contributed by atoms with Gasteiger partial charge in [-0.1, -0.05) is 79.7 Å². The van der Waals surface area contributed by atoms with Crippen LogP contribution >= 0.6 is 23.2 Å². The molecule has 0 radical (unpaired) electrons. The number of benzene rings is 3. The minimum absolute atomic E-state index is 0.0114. The molecule has 1 aliphatic carbocycles. The van der Waals surface area contributed by atoms with Crippen molar-refractivity contribution in [2.45, 2.75) is 82.8 Å². The van der Waals surface area contributed by atoms with Gasteiger partial charge in [0.15, 0.2) is 0 Å². The molecule has 3 aromatic rings. The van der Waals surface area contributed by atoms with E-state index in [1.54, 1.807) is 48.5 Å². The summed E-state index contributed by atoms with van der Waals surface area (Å²) in [6, 6.07) is 17.7. The van der Waals surface area contributed by atoms with Gasteiger partial charge in [0.25, 0.3) is 10.0 Å². The number of carbonyl (C=O) groups is 2. The summed E-state index contributed by atoms with van der Waals surface area (Å²) < 4.78 is 29.2. The molecule has 1 atom stereocenters. The van der Waals surface area contributed by atoms with Gasteiger partial charge >= 0.3 is 0 Å². The lowest BCUT2D eigenvalue weighted by atomic mass is 9.95. The molecule has 0 spiro atoms. The van der Waals surface area contributed by atoms with Crippen molar-refractivity contribution >= 4 is 50.7 Å². The first-order chi connectivity index (χ1) is 20.5. The third-order valence-electron chi connectivity index (χ3n) is 7.80. The van der Waals surface area contributed by atoms with Crippen molar-refractivity contribution in [2.75, 3.05) is 10.8 Å². The third kappa shape index (κ3) is 8.31. The monoisotopic (exact) mass is 643 g/mol. The minimum Gasteiger partial charge on any atom is -0.352 e. The van der Waals surface area contributed by atoms with Gasteiger partial charge in [-0.2, -0.15) is 0 Å². The Balaban J connectivity index is 1.74. The lowest BCUT2D eigenvalue weighted by Gasteiger charge is -2.34. The maximum Gasteiger partial charge on any atom is 0.264 e. The van der Waals surface area contributed by atoms with E-state index in [-0.39, 0.29) is 23.4 Å². The fourth-order valence-corrected chi connectivity index (χ4v) is 7.53. The van der Waals surface area contributed by atoms with E-state index in [4.69, 9.17) is 23.2 Å². The fraction of sp³-hybridized carbons (Fsp3) is 0.394. The van der Waals surface area contributed by atoms with Crippen LogP contribution in [0.5, 0.6) is 0 Å². The molecule has 0 aromatic heterocycles. The number of hydrogen-bond acceptors (Lipinski definition) is 4. The van der Waals surface area contributed by atoms with Crippen LogP contribution in [0.25, 0.3) is 0 Å². The molecule has 0 heterocycles. The van der Waals surface area contributed by atoms with Crippen LogP contribution in [0.15, 0.2) is 71.6 Å². The summed E-state index contributed by atoms with van der Waals surface area (Å²) in [6.45, 7) is 5.11. The van der Waals surface area contributed by atoms with Crippen LogP contribution < -0.4 is 9.62 Å². The van der Waals surface area contributed by atoms with Crippen LogP contribution in [0.2, 0.25) is 10.0 Å². The number of nitrogens with one attached hydrogen (secondary N) is 1. The lowest BCUT2D eigenvalue weighted by Crippen LogP contribution is -2.54. The van der Waals surface area contributed by atoms with Crippen LogP contribution in [0.1, 0.15) is 62.1 Å². The first kappa shape index (κ1) is 32.8. The summed E-state index contributed by atoms with van der Waals surface area (Å²) >= 11 is 12.7. The topological polar surface area (TPSA) is 86.8 Å². The van der Waals surface area contributed by atoms with Crippen LogP contribution in [0, 0.1) is 13.8 Å². The zero-order valence-electron chi connectivity index (χ0n) is 24.9. The molecule has 1 unspecified atom stereocenters. The number of sulfonamides is 1. The van der Waals surface area contributed by atoms with Gasteiger partial charge in [0, 0.05) is 22.6 Å². The molecular formula is C33H39Cl2N3O4S. The van der Waals surface area contributed by atoms with Gasteiger partial charge in [-0.3, -0.25) is 13.9 Å². The average Bonchev–Trinajstić information content (AvgIpc) is 2.97. The molecule has 1 N–H and O–H groups in total. The van der Waals surface area contributed by atoms with Gasteiger partial charge in [-0.05, 0) is 86.2 Å². The van der Waals surface area contributed by atoms with Gasteiger partial charge < -0.3 is 10.2 Å². The summed E-state index contributed by atoms with van der Waals surface area (Å²) in [4.78, 5) is 29.5. The Hall–Kier alpha value is -3.07. The highest BCUT2D eigenvalue weighted by atomic mass is 35.5. The molecule has 0 aliphatic heterocycles. The maximum atomic E-state index is 14.3. The van der Waals surface area contributed by atoms with E-state index in [0.717, 1.165) is 47.5 Å². The Morgan fingerprint density at radius 1 is 0.930 bits per heavy atom. The fourth-order valence-electron chi connectivity index (χ4n) is 5.64. The van der Waals surface area contributed by atoms with Crippen molar-refractivity contribution in [3.63, 3.8) is 0 Å². The molecule has 4 rings (SSSR count). The summed E-state index contributed by atoms with van der Waals surface area (Å²) in [5.74, 6) is -0.771. The van der Waals surface area contributed by atoms with Gasteiger partial charge in [-0.15, -0.1) is 0 Å². The molecule has 230 valence electrons. The SMILES string of the molecule is CCC(C(=O)NC1CCCCC1)N(Cc1ccc(Cl)cc1Cl)C(=O)CN(c1cc(C)cc(C)c1)S(=O)(=O)c1ccccc1. The van der Waals surface area contributed by atoms with E-state index in [2.05, 4.69) is 5.32 Å². The van der Waals surface area contributed by atoms with Gasteiger partial charge in [-0.25, -0.2) is 8.42 Å². The highest BCUT2D eigenvalue weighted by Crippen LogP contribution is 2.28. The summed E-state index contributed by atoms with van der Waals surface area (Å²) in [6.07, 6.45) is 5.38. The number of nitrogens with zero attached hydrogens (tertiary/aromatic N) is 2. The Morgan fingerprint density at radius 3 is 2.19 bits per heavy atom. The number of halogens is 2. The number of aryl methyl sites for hydroxylation is 2. The third-order valence-corrected chi connectivity index (χ3v) is 10.2. The highest BCUT2D eigenvalue weighted by Gasteiger charge is 2.34. The van der Waals surface area contributed by atoms with E-state index >= 15 is 0 Å². The number of anilines is 1. The average molecular weight is 645 g/mol. The Bertz CT molecular complexity index is 1520. The van der Waals surface area contributed by atoms with Gasteiger partial charge in [0.2, 0.25) is 11.8 Å². The minimum atomic E-state index is -4.14. The van der Waals surface area contributed by atoms with Crippen LogP contribution in [-0.2, 0) is 26.2 Å². The molecule has 1 aliphatic rings. The van der Waals surface area contributed by atoms with Crippen molar-refractivity contribution in [3.8, 4) is 0 Å². The van der Waals surface area contributed by atoms with Crippen molar-refractivity contribution in [1.29, 1.82) is 0 Å². The second-order valence-corrected chi connectivity index (χ2v) is 13.9. The van der Waals surface area contributed by atoms with Gasteiger partial charge in [0.05, 0.1) is 10.6 Å². The number of amides is 2. The van der Waals surface area contributed by atoms with Crippen molar-refractivity contribution in [1.82, 2.24) is 10.2 Å². The zero-order valence-corrected chi connectivity index (χ0v) is 27.2. The Morgan fingerprint density at radius 2 is 1.58 bits per heavy atom. The largest absolute Gasteiger partial charge is 0.352 e. The lowest BCUT2D eigenvalue weighted by molar-refractivity contribution is -0.140. The molecule has 1 saturated carbocycles. The first-order valence-corrected chi connectivity index (χ1v) is 16.9. The maximum absolute atomic E-state index is 14.3. The first-order valence-electron chi connectivity index (χ1n) is 14.7. The highest BCUT2D eigenvalue weighted by molar-refractivity contribution is 7.92. The molecule has 1 fully saturated rings. The molecule has 10 heteroatoms. The van der Waals surface area contributed by atoms with E-state index in [9.17, 15) is 18.0 Å². The predicted molar refractivity (Wildman–Crippen MR) is 173 cm³/mol. The second-order valence-electron chi connectivity index (χ2n) is 11.2. The van der Waals surface area contributed by atoms with E-state index in [1.165, 1.54) is 17.0 Å². The Kier molecular flexibility index (Phi) is 11.2. The normalized spacial score (nSPS) is 14.6. The number of hydrogen-bond donors (Lipinski definition) is 1. The molecule has 3 aromatic carbocycles. The van der Waals surface area contributed by atoms with E-state index < -0.39 is 28.5 Å². The molecule has 0 bridgehead atoms. The van der Waals surface area contributed by atoms with Crippen LogP contribution in [-0.4, -0.2) is 43.8 Å². The molecule has 43 heavy (non-hydrogen) atoms. The molecule has 0 saturated heterocycles. The number of rotatable bonds is 11. The summed E-state index contributed by atoms with van der Waals surface area (Å²) in [5, 5.41) is 3.96. The summed E-state index contributed by atoms with van der Waals surface area (Å²) in [7, 11) is -4.14. The molecule has 7 nitrogen and oxygen atoms in total. The van der Waals surface area contributed by atoms with Crippen molar-refractivity contribution in [3.05, 3.63) is 93.5 Å². The quantitative estimate of drug-likeness (QED) is 0.242. The van der Waals surface area contributed by atoms with E-state index in [0.29, 0.717) is 27.7 Å². The molecule has 2 amide bonds. The van der Waals surface area contributed by atoms with Crippen LogP contribution in [0.4, 0.5) is 5.69 Å². The van der Waals surface area contributed by atoms with Crippen molar-refractivity contribution in [2.24, 2.45) is 0 Å².